The number of hydrogen-bond donors (Lipinski definition) is 1. The van der Waals surface area contributed by atoms with Gasteiger partial charge in [0.15, 0.2) is 5.65 Å². The van der Waals surface area contributed by atoms with Gasteiger partial charge in [0.1, 0.15) is 0 Å². The van der Waals surface area contributed by atoms with E-state index in [1.54, 1.807) is 32.3 Å². The topological polar surface area (TPSA) is 83.4 Å². The lowest BCUT2D eigenvalue weighted by atomic mass is 10.1. The minimum atomic E-state index is -0.334. The largest absolute Gasteiger partial charge is 0.348 e. The SMILES string of the molecule is CC(C)c1nc2ccc(C(=O)N(C)C)cc2n2c(=O)[nH]nc12. The van der Waals surface area contributed by atoms with Crippen LogP contribution >= 0.6 is 0 Å². The number of aromatic amines is 1. The summed E-state index contributed by atoms with van der Waals surface area (Å²) in [5.41, 5.74) is 2.66. The fourth-order valence-electron chi connectivity index (χ4n) is 2.45. The lowest BCUT2D eigenvalue weighted by Crippen LogP contribution is -2.22. The molecule has 114 valence electrons. The summed E-state index contributed by atoms with van der Waals surface area (Å²) in [6.07, 6.45) is 0. The van der Waals surface area contributed by atoms with Crippen LogP contribution in [0.1, 0.15) is 35.8 Å². The van der Waals surface area contributed by atoms with E-state index in [4.69, 9.17) is 0 Å². The van der Waals surface area contributed by atoms with Crippen LogP contribution in [0.2, 0.25) is 0 Å². The van der Waals surface area contributed by atoms with Crippen molar-refractivity contribution < 1.29 is 4.79 Å². The fourth-order valence-corrected chi connectivity index (χ4v) is 2.45. The number of amides is 1. The van der Waals surface area contributed by atoms with Crippen molar-refractivity contribution in [1.29, 1.82) is 0 Å². The number of benzene rings is 1. The van der Waals surface area contributed by atoms with Crippen molar-refractivity contribution in [2.45, 2.75) is 19.8 Å². The minimum absolute atomic E-state index is 0.125. The van der Waals surface area contributed by atoms with Crippen molar-refractivity contribution in [3.05, 3.63) is 39.9 Å². The average Bonchev–Trinajstić information content (AvgIpc) is 2.87. The second kappa shape index (κ2) is 4.94. The summed E-state index contributed by atoms with van der Waals surface area (Å²) in [7, 11) is 3.37. The lowest BCUT2D eigenvalue weighted by Gasteiger charge is -2.12. The van der Waals surface area contributed by atoms with Crippen LogP contribution in [0.4, 0.5) is 0 Å². The van der Waals surface area contributed by atoms with Gasteiger partial charge in [0.2, 0.25) is 0 Å². The van der Waals surface area contributed by atoms with Crippen molar-refractivity contribution >= 4 is 22.6 Å². The van der Waals surface area contributed by atoms with Crippen molar-refractivity contribution in [2.24, 2.45) is 0 Å². The van der Waals surface area contributed by atoms with Gasteiger partial charge in [-0.2, -0.15) is 5.10 Å². The van der Waals surface area contributed by atoms with E-state index in [0.29, 0.717) is 22.2 Å². The van der Waals surface area contributed by atoms with E-state index in [-0.39, 0.29) is 17.5 Å². The van der Waals surface area contributed by atoms with E-state index in [1.165, 1.54) is 9.30 Å². The highest BCUT2D eigenvalue weighted by atomic mass is 16.2. The normalized spacial score (nSPS) is 11.5. The molecule has 0 saturated heterocycles. The van der Waals surface area contributed by atoms with Crippen LogP contribution in [0.5, 0.6) is 0 Å². The molecular weight excluding hydrogens is 282 g/mol. The molecule has 3 aromatic rings. The number of carbonyl (C=O) groups excluding carboxylic acids is 1. The number of nitrogens with one attached hydrogen (secondary N) is 1. The monoisotopic (exact) mass is 299 g/mol. The van der Waals surface area contributed by atoms with Gasteiger partial charge in [-0.1, -0.05) is 13.8 Å². The fraction of sp³-hybridized carbons (Fsp3) is 0.333. The van der Waals surface area contributed by atoms with Crippen molar-refractivity contribution in [2.75, 3.05) is 14.1 Å². The standard InChI is InChI=1S/C15H17N5O2/c1-8(2)12-13-17-18-15(22)20(13)11-7-9(14(21)19(3)4)5-6-10(11)16-12/h5-8H,1-4H3,(H,18,22). The molecule has 0 unspecified atom stereocenters. The number of rotatable bonds is 2. The number of hydrogen-bond acceptors (Lipinski definition) is 4. The number of fused-ring (bicyclic) bond motifs is 3. The Morgan fingerprint density at radius 1 is 1.32 bits per heavy atom. The van der Waals surface area contributed by atoms with Crippen LogP contribution in [0.25, 0.3) is 16.7 Å². The first-order chi connectivity index (χ1) is 10.4. The maximum absolute atomic E-state index is 12.1. The van der Waals surface area contributed by atoms with Crippen LogP contribution in [0.15, 0.2) is 23.0 Å². The Balaban J connectivity index is 2.40. The first-order valence-corrected chi connectivity index (χ1v) is 7.02. The predicted octanol–water partition coefficient (Wildman–Crippen LogP) is 1.40. The molecule has 0 aliphatic rings. The van der Waals surface area contributed by atoms with E-state index in [1.807, 2.05) is 13.8 Å². The predicted molar refractivity (Wildman–Crippen MR) is 83.2 cm³/mol. The molecule has 0 atom stereocenters. The van der Waals surface area contributed by atoms with Gasteiger partial charge >= 0.3 is 5.69 Å². The molecule has 7 nitrogen and oxygen atoms in total. The van der Waals surface area contributed by atoms with Crippen LogP contribution in [0.3, 0.4) is 0 Å². The van der Waals surface area contributed by atoms with Crippen LogP contribution in [-0.4, -0.2) is 44.5 Å². The Bertz CT molecular complexity index is 936. The Labute approximate surface area is 126 Å². The third-order valence-electron chi connectivity index (χ3n) is 3.56. The van der Waals surface area contributed by atoms with Crippen LogP contribution in [-0.2, 0) is 0 Å². The molecule has 0 aliphatic heterocycles. The zero-order valence-corrected chi connectivity index (χ0v) is 12.9. The summed E-state index contributed by atoms with van der Waals surface area (Å²) in [4.78, 5) is 30.3. The highest BCUT2D eigenvalue weighted by Gasteiger charge is 2.17. The summed E-state index contributed by atoms with van der Waals surface area (Å²) in [5, 5.41) is 6.52. The molecule has 0 spiro atoms. The number of aromatic nitrogens is 4. The molecule has 2 heterocycles. The highest BCUT2D eigenvalue weighted by molar-refractivity contribution is 5.97. The van der Waals surface area contributed by atoms with E-state index in [9.17, 15) is 9.59 Å². The van der Waals surface area contributed by atoms with Crippen molar-refractivity contribution in [3.8, 4) is 0 Å². The van der Waals surface area contributed by atoms with Crippen molar-refractivity contribution in [1.82, 2.24) is 24.5 Å². The second-order valence-corrected chi connectivity index (χ2v) is 5.74. The quantitative estimate of drug-likeness (QED) is 0.775. The summed E-state index contributed by atoms with van der Waals surface area (Å²) in [6.45, 7) is 3.99. The Morgan fingerprint density at radius 2 is 2.05 bits per heavy atom. The number of nitrogens with zero attached hydrogens (tertiary/aromatic N) is 4. The number of H-pyrrole nitrogens is 1. The molecule has 0 fully saturated rings. The van der Waals surface area contributed by atoms with Gasteiger partial charge in [0.25, 0.3) is 5.91 Å². The summed E-state index contributed by atoms with van der Waals surface area (Å²) >= 11 is 0. The van der Waals surface area contributed by atoms with Gasteiger partial charge in [-0.15, -0.1) is 0 Å². The third kappa shape index (κ3) is 2.05. The van der Waals surface area contributed by atoms with Gasteiger partial charge in [-0.05, 0) is 24.1 Å². The molecule has 2 aromatic heterocycles. The Hall–Kier alpha value is -2.70. The molecule has 0 radical (unpaired) electrons. The second-order valence-electron chi connectivity index (χ2n) is 5.74. The zero-order valence-electron chi connectivity index (χ0n) is 12.9. The Morgan fingerprint density at radius 3 is 2.68 bits per heavy atom. The Kier molecular flexibility index (Phi) is 3.20. The van der Waals surface area contributed by atoms with E-state index >= 15 is 0 Å². The van der Waals surface area contributed by atoms with Gasteiger partial charge in [-0.3, -0.25) is 4.79 Å². The molecule has 1 amide bonds. The molecule has 0 bridgehead atoms. The van der Waals surface area contributed by atoms with Crippen LogP contribution < -0.4 is 5.69 Å². The molecule has 22 heavy (non-hydrogen) atoms. The van der Waals surface area contributed by atoms with Gasteiger partial charge < -0.3 is 4.90 Å². The van der Waals surface area contributed by atoms with Crippen molar-refractivity contribution in [3.63, 3.8) is 0 Å². The molecule has 7 heteroatoms. The summed E-state index contributed by atoms with van der Waals surface area (Å²) in [6, 6.07) is 5.16. The lowest BCUT2D eigenvalue weighted by molar-refractivity contribution is 0.0827. The minimum Gasteiger partial charge on any atom is -0.345 e. The maximum Gasteiger partial charge on any atom is 0.348 e. The number of carbonyl (C=O) groups is 1. The molecule has 1 aromatic carbocycles. The van der Waals surface area contributed by atoms with Crippen LogP contribution in [0, 0.1) is 0 Å². The van der Waals surface area contributed by atoms with Gasteiger partial charge in [0.05, 0.1) is 16.7 Å². The van der Waals surface area contributed by atoms with E-state index in [0.717, 1.165) is 5.69 Å². The van der Waals surface area contributed by atoms with E-state index < -0.39 is 0 Å². The molecule has 3 rings (SSSR count). The summed E-state index contributed by atoms with van der Waals surface area (Å²) in [5.74, 6) is 0.00436. The highest BCUT2D eigenvalue weighted by Crippen LogP contribution is 2.22. The third-order valence-corrected chi connectivity index (χ3v) is 3.56. The molecule has 0 saturated carbocycles. The smallest absolute Gasteiger partial charge is 0.345 e. The van der Waals surface area contributed by atoms with Gasteiger partial charge in [-0.25, -0.2) is 19.3 Å². The molecule has 0 aliphatic carbocycles. The summed E-state index contributed by atoms with van der Waals surface area (Å²) < 4.78 is 1.48. The molecular formula is C15H17N5O2. The van der Waals surface area contributed by atoms with Gasteiger partial charge in [0, 0.05) is 19.7 Å². The first kappa shape index (κ1) is 14.2. The average molecular weight is 299 g/mol. The van der Waals surface area contributed by atoms with E-state index in [2.05, 4.69) is 15.2 Å². The first-order valence-electron chi connectivity index (χ1n) is 7.02. The molecule has 1 N–H and O–H groups in total. The zero-order chi connectivity index (χ0) is 16.0. The maximum atomic E-state index is 12.1.